The minimum atomic E-state index is -0.803. The van der Waals surface area contributed by atoms with Crippen molar-refractivity contribution < 1.29 is 28.6 Å². The lowest BCUT2D eigenvalue weighted by Gasteiger charge is -2.18. The molecule has 6 heteroatoms. The SMILES string of the molecule is CC/C=C\C/C=C\C/C=C\CCCCCCCCCCCC(=O)OCC(COC(=O)CCCCC/C=C\C=C/CCCCCCCCC)OC(=O)CCCCCCC\C=C/C=C\C=C/CCCCCCC. The van der Waals surface area contributed by atoms with Crippen molar-refractivity contribution in [1.82, 2.24) is 0 Å². The highest BCUT2D eigenvalue weighted by molar-refractivity contribution is 5.71. The van der Waals surface area contributed by atoms with Gasteiger partial charge in [-0.1, -0.05) is 253 Å². The van der Waals surface area contributed by atoms with Crippen molar-refractivity contribution in [2.75, 3.05) is 13.2 Å². The van der Waals surface area contributed by atoms with Crippen LogP contribution in [0.15, 0.2) is 97.2 Å². The molecular weight excluding hydrogens is 877 g/mol. The van der Waals surface area contributed by atoms with E-state index >= 15 is 0 Å². The molecule has 0 bridgehead atoms. The Morgan fingerprint density at radius 1 is 0.310 bits per heavy atom. The van der Waals surface area contributed by atoms with Gasteiger partial charge >= 0.3 is 17.9 Å². The maximum atomic E-state index is 12.9. The van der Waals surface area contributed by atoms with Crippen LogP contribution in [0.25, 0.3) is 0 Å². The van der Waals surface area contributed by atoms with Gasteiger partial charge < -0.3 is 14.2 Å². The average molecular weight is 988 g/mol. The van der Waals surface area contributed by atoms with E-state index in [9.17, 15) is 14.4 Å². The highest BCUT2D eigenvalue weighted by Crippen LogP contribution is 2.15. The lowest BCUT2D eigenvalue weighted by Crippen LogP contribution is -2.30. The van der Waals surface area contributed by atoms with Crippen LogP contribution < -0.4 is 0 Å². The molecule has 0 amide bonds. The van der Waals surface area contributed by atoms with E-state index in [0.29, 0.717) is 19.3 Å². The molecule has 6 nitrogen and oxygen atoms in total. The van der Waals surface area contributed by atoms with Gasteiger partial charge in [-0.2, -0.15) is 0 Å². The normalized spacial score (nSPS) is 12.8. The number of allylic oxidation sites excluding steroid dienone is 16. The molecule has 0 aliphatic carbocycles. The van der Waals surface area contributed by atoms with Crippen LogP contribution >= 0.6 is 0 Å². The van der Waals surface area contributed by atoms with Gasteiger partial charge in [0.15, 0.2) is 6.10 Å². The van der Waals surface area contributed by atoms with Crippen molar-refractivity contribution >= 4 is 17.9 Å². The van der Waals surface area contributed by atoms with Crippen LogP contribution in [0.5, 0.6) is 0 Å². The molecule has 0 aliphatic rings. The van der Waals surface area contributed by atoms with Gasteiger partial charge in [0.2, 0.25) is 0 Å². The van der Waals surface area contributed by atoms with Crippen LogP contribution in [0, 0.1) is 0 Å². The van der Waals surface area contributed by atoms with Crippen LogP contribution in [-0.4, -0.2) is 37.2 Å². The zero-order chi connectivity index (χ0) is 51.4. The van der Waals surface area contributed by atoms with E-state index < -0.39 is 6.10 Å². The first kappa shape index (κ1) is 67.3. The topological polar surface area (TPSA) is 78.9 Å². The van der Waals surface area contributed by atoms with Gasteiger partial charge in [0, 0.05) is 19.3 Å². The second-order valence-corrected chi connectivity index (χ2v) is 19.6. The van der Waals surface area contributed by atoms with Gasteiger partial charge in [-0.15, -0.1) is 0 Å². The zero-order valence-electron chi connectivity index (χ0n) is 46.5. The second kappa shape index (κ2) is 58.9. The van der Waals surface area contributed by atoms with E-state index in [1.165, 1.54) is 122 Å². The molecule has 0 fully saturated rings. The summed E-state index contributed by atoms with van der Waals surface area (Å²) >= 11 is 0. The molecule has 0 aromatic rings. The van der Waals surface area contributed by atoms with Crippen molar-refractivity contribution in [1.29, 1.82) is 0 Å². The van der Waals surface area contributed by atoms with Crippen molar-refractivity contribution in [2.45, 2.75) is 284 Å². The van der Waals surface area contributed by atoms with Crippen molar-refractivity contribution in [3.63, 3.8) is 0 Å². The van der Waals surface area contributed by atoms with Gasteiger partial charge in [-0.3, -0.25) is 14.4 Å². The smallest absolute Gasteiger partial charge is 0.306 e. The summed E-state index contributed by atoms with van der Waals surface area (Å²) in [6, 6.07) is 0. The predicted octanol–water partition coefficient (Wildman–Crippen LogP) is 20.1. The van der Waals surface area contributed by atoms with Crippen molar-refractivity contribution in [2.24, 2.45) is 0 Å². The molecule has 1 atom stereocenters. The molecule has 0 N–H and O–H groups in total. The molecule has 0 aromatic carbocycles. The third kappa shape index (κ3) is 57.1. The Morgan fingerprint density at radius 2 is 0.606 bits per heavy atom. The number of carbonyl (C=O) groups excluding carboxylic acids is 3. The van der Waals surface area contributed by atoms with Crippen LogP contribution in [-0.2, 0) is 28.6 Å². The maximum Gasteiger partial charge on any atom is 0.306 e. The first-order chi connectivity index (χ1) is 35.0. The predicted molar refractivity (Wildman–Crippen MR) is 307 cm³/mol. The van der Waals surface area contributed by atoms with Gasteiger partial charge in [0.25, 0.3) is 0 Å². The summed E-state index contributed by atoms with van der Waals surface area (Å²) in [6.07, 6.45) is 78.2. The van der Waals surface area contributed by atoms with E-state index in [1.54, 1.807) is 0 Å². The molecule has 0 aliphatic heterocycles. The molecule has 1 unspecified atom stereocenters. The van der Waals surface area contributed by atoms with E-state index in [-0.39, 0.29) is 31.1 Å². The molecule has 0 heterocycles. The standard InChI is InChI=1S/C65H110O6/c1-4-7-10-13-16-19-22-25-28-31-33-35-37-40-43-46-49-52-55-58-64(67)70-61-62(60-69-63(66)57-54-51-48-45-42-39-36-30-27-24-21-18-15-12-9-6-3)71-65(68)59-56-53-50-47-44-41-38-34-32-29-26-23-20-17-14-11-8-5-2/h7,10,16,19,23,25-26,28-30,32,34,36,38-39,42,62H,4-6,8-9,11-15,17-18,20-22,24,27,31,33,35,37,40-41,43-61H2,1-3H3/b10-7-,19-16-,26-23-,28-25-,32-29-,36-30-,38-34-,42-39-. The second-order valence-electron chi connectivity index (χ2n) is 19.6. The van der Waals surface area contributed by atoms with Crippen LogP contribution in [0.1, 0.15) is 278 Å². The quantitative estimate of drug-likeness (QED) is 0.0199. The van der Waals surface area contributed by atoms with Crippen LogP contribution in [0.3, 0.4) is 0 Å². The highest BCUT2D eigenvalue weighted by Gasteiger charge is 2.19. The Balaban J connectivity index is 4.47. The minimum absolute atomic E-state index is 0.0976. The van der Waals surface area contributed by atoms with Crippen molar-refractivity contribution in [3.05, 3.63) is 97.2 Å². The number of hydrogen-bond acceptors (Lipinski definition) is 6. The Morgan fingerprint density at radius 3 is 1.00 bits per heavy atom. The number of ether oxygens (including phenoxy) is 3. The van der Waals surface area contributed by atoms with E-state index in [1.807, 2.05) is 0 Å². The van der Waals surface area contributed by atoms with E-state index in [2.05, 4.69) is 118 Å². The molecule has 0 saturated carbocycles. The first-order valence-corrected chi connectivity index (χ1v) is 29.8. The van der Waals surface area contributed by atoms with Crippen molar-refractivity contribution in [3.8, 4) is 0 Å². The fourth-order valence-electron chi connectivity index (χ4n) is 8.16. The number of carbonyl (C=O) groups is 3. The third-order valence-electron chi connectivity index (χ3n) is 12.6. The number of unbranched alkanes of at least 4 members (excludes halogenated alkanes) is 29. The Bertz CT molecular complexity index is 1410. The van der Waals surface area contributed by atoms with Gasteiger partial charge in [0.05, 0.1) is 0 Å². The molecule has 0 rings (SSSR count). The Kier molecular flexibility index (Phi) is 55.9. The summed E-state index contributed by atoms with van der Waals surface area (Å²) in [5.74, 6) is -0.945. The fraction of sp³-hybridized carbons (Fsp3) is 0.708. The summed E-state index contributed by atoms with van der Waals surface area (Å²) in [4.78, 5) is 38.2. The summed E-state index contributed by atoms with van der Waals surface area (Å²) in [7, 11) is 0. The lowest BCUT2D eigenvalue weighted by atomic mass is 10.1. The summed E-state index contributed by atoms with van der Waals surface area (Å²) in [5, 5.41) is 0. The molecule has 406 valence electrons. The van der Waals surface area contributed by atoms with E-state index in [4.69, 9.17) is 14.2 Å². The molecule has 71 heavy (non-hydrogen) atoms. The Labute approximate surface area is 438 Å². The van der Waals surface area contributed by atoms with Gasteiger partial charge in [0.1, 0.15) is 13.2 Å². The highest BCUT2D eigenvalue weighted by atomic mass is 16.6. The van der Waals surface area contributed by atoms with Gasteiger partial charge in [-0.05, 0) is 103 Å². The average Bonchev–Trinajstić information content (AvgIpc) is 3.37. The van der Waals surface area contributed by atoms with Crippen LogP contribution in [0.2, 0.25) is 0 Å². The molecular formula is C65H110O6. The first-order valence-electron chi connectivity index (χ1n) is 29.8. The van der Waals surface area contributed by atoms with Gasteiger partial charge in [-0.25, -0.2) is 0 Å². The zero-order valence-corrected chi connectivity index (χ0v) is 46.5. The minimum Gasteiger partial charge on any atom is -0.462 e. The number of esters is 3. The third-order valence-corrected chi connectivity index (χ3v) is 12.6. The summed E-state index contributed by atoms with van der Waals surface area (Å²) < 4.78 is 16.9. The van der Waals surface area contributed by atoms with Crippen LogP contribution in [0.4, 0.5) is 0 Å². The summed E-state index contributed by atoms with van der Waals surface area (Å²) in [6.45, 7) is 6.48. The molecule has 0 aromatic heterocycles. The number of rotatable bonds is 53. The maximum absolute atomic E-state index is 12.9. The molecule has 0 spiro atoms. The number of hydrogen-bond donors (Lipinski definition) is 0. The Hall–Kier alpha value is -3.67. The monoisotopic (exact) mass is 987 g/mol. The summed E-state index contributed by atoms with van der Waals surface area (Å²) in [5.41, 5.74) is 0. The lowest BCUT2D eigenvalue weighted by molar-refractivity contribution is -0.167. The fourth-order valence-corrected chi connectivity index (χ4v) is 8.16. The largest absolute Gasteiger partial charge is 0.462 e. The molecule has 0 radical (unpaired) electrons. The molecule has 0 saturated heterocycles. The van der Waals surface area contributed by atoms with E-state index in [0.717, 1.165) is 116 Å².